The molecule has 0 bridgehead atoms. The van der Waals surface area contributed by atoms with Gasteiger partial charge in [0.05, 0.1) is 5.56 Å². The minimum Gasteiger partial charge on any atom is -0.490 e. The van der Waals surface area contributed by atoms with Gasteiger partial charge in [-0.3, -0.25) is 0 Å². The maximum Gasteiger partial charge on any atom is 0.404 e. The lowest BCUT2D eigenvalue weighted by Gasteiger charge is -2.35. The number of hydrogen-bond donors (Lipinski definition) is 2. The minimum absolute atomic E-state index is 0.00886. The van der Waals surface area contributed by atoms with Crippen molar-refractivity contribution >= 4 is 22.0 Å². The average molecular weight is 311 g/mol. The first-order chi connectivity index (χ1) is 8.58. The molecule has 1 aromatic carbocycles. The minimum atomic E-state index is -1.01. The highest BCUT2D eigenvalue weighted by atomic mass is 79.9. The lowest BCUT2D eigenvalue weighted by molar-refractivity contribution is 0.0833. The Balaban J connectivity index is 1.89. The van der Waals surface area contributed by atoms with Crippen molar-refractivity contribution in [2.45, 2.75) is 25.0 Å². The predicted octanol–water partition coefficient (Wildman–Crippen LogP) is 2.50. The Morgan fingerprint density at radius 3 is 2.89 bits per heavy atom. The molecule has 0 atom stereocenters. The molecule has 1 fully saturated rings. The van der Waals surface area contributed by atoms with Gasteiger partial charge in [0.25, 0.3) is 0 Å². The van der Waals surface area contributed by atoms with E-state index in [-0.39, 0.29) is 12.1 Å². The normalized spacial score (nSPS) is 21.6. The molecular formula is C12H11BrN2O3. The lowest BCUT2D eigenvalue weighted by Crippen LogP contribution is -2.48. The molecule has 2 N–H and O–H groups in total. The van der Waals surface area contributed by atoms with Crippen LogP contribution in [-0.4, -0.2) is 23.3 Å². The van der Waals surface area contributed by atoms with Crippen molar-refractivity contribution in [1.82, 2.24) is 5.32 Å². The van der Waals surface area contributed by atoms with Gasteiger partial charge in [0, 0.05) is 23.4 Å². The van der Waals surface area contributed by atoms with Crippen molar-refractivity contribution in [2.75, 3.05) is 0 Å². The van der Waals surface area contributed by atoms with Crippen LogP contribution in [0.1, 0.15) is 18.4 Å². The van der Waals surface area contributed by atoms with E-state index in [1.165, 1.54) is 0 Å². The van der Waals surface area contributed by atoms with Crippen LogP contribution in [0.2, 0.25) is 0 Å². The van der Waals surface area contributed by atoms with Gasteiger partial charge in [-0.05, 0) is 34.1 Å². The molecule has 0 aromatic heterocycles. The molecule has 2 rings (SSSR count). The Morgan fingerprint density at radius 1 is 1.56 bits per heavy atom. The smallest absolute Gasteiger partial charge is 0.404 e. The average Bonchev–Trinajstić information content (AvgIpc) is 2.28. The van der Waals surface area contributed by atoms with Crippen molar-refractivity contribution in [3.63, 3.8) is 0 Å². The Labute approximate surface area is 112 Å². The van der Waals surface area contributed by atoms with E-state index in [4.69, 9.17) is 15.1 Å². The number of rotatable bonds is 3. The second kappa shape index (κ2) is 5.27. The molecule has 1 aliphatic rings. The van der Waals surface area contributed by atoms with Gasteiger partial charge in [0.1, 0.15) is 17.9 Å². The van der Waals surface area contributed by atoms with E-state index >= 15 is 0 Å². The van der Waals surface area contributed by atoms with Gasteiger partial charge in [-0.1, -0.05) is 0 Å². The van der Waals surface area contributed by atoms with Crippen LogP contribution in [0.4, 0.5) is 4.79 Å². The lowest BCUT2D eigenvalue weighted by atomic mass is 9.89. The maximum absolute atomic E-state index is 10.4. The number of amides is 1. The Morgan fingerprint density at radius 2 is 2.28 bits per heavy atom. The molecule has 1 saturated carbocycles. The second-order valence-corrected chi connectivity index (χ2v) is 4.97. The Hall–Kier alpha value is -1.74. The molecule has 0 aliphatic heterocycles. The number of nitrogens with zero attached hydrogens (tertiary/aromatic N) is 1. The molecule has 1 amide bonds. The zero-order valence-electron chi connectivity index (χ0n) is 9.39. The summed E-state index contributed by atoms with van der Waals surface area (Å²) in [6.07, 6.45) is 0.317. The molecule has 18 heavy (non-hydrogen) atoms. The van der Waals surface area contributed by atoms with E-state index in [1.54, 1.807) is 18.2 Å². The molecule has 0 unspecified atom stereocenters. The number of halogens is 1. The monoisotopic (exact) mass is 310 g/mol. The Bertz CT molecular complexity index is 507. The summed E-state index contributed by atoms with van der Waals surface area (Å²) in [7, 11) is 0. The Kier molecular flexibility index (Phi) is 3.72. The SMILES string of the molecule is N#Cc1cc(OC2CC(NC(=O)O)C2)ccc1Br. The van der Waals surface area contributed by atoms with E-state index in [2.05, 4.69) is 27.3 Å². The summed E-state index contributed by atoms with van der Waals surface area (Å²) in [4.78, 5) is 10.4. The third-order valence-corrected chi connectivity index (χ3v) is 3.47. The largest absolute Gasteiger partial charge is 0.490 e. The second-order valence-electron chi connectivity index (χ2n) is 4.11. The summed E-state index contributed by atoms with van der Waals surface area (Å²) in [5.41, 5.74) is 0.520. The first kappa shape index (κ1) is 12.7. The van der Waals surface area contributed by atoms with Crippen LogP contribution in [0.25, 0.3) is 0 Å². The van der Waals surface area contributed by atoms with E-state index in [0.717, 1.165) is 4.47 Å². The third kappa shape index (κ3) is 2.93. The predicted molar refractivity (Wildman–Crippen MR) is 67.5 cm³/mol. The quantitative estimate of drug-likeness (QED) is 0.898. The van der Waals surface area contributed by atoms with Crippen molar-refractivity contribution < 1.29 is 14.6 Å². The van der Waals surface area contributed by atoms with E-state index in [0.29, 0.717) is 24.2 Å². The van der Waals surface area contributed by atoms with Gasteiger partial charge in [0.15, 0.2) is 0 Å². The number of carboxylic acid groups (broad SMARTS) is 1. The summed E-state index contributed by atoms with van der Waals surface area (Å²) in [6, 6.07) is 7.25. The molecule has 5 nitrogen and oxygen atoms in total. The van der Waals surface area contributed by atoms with Gasteiger partial charge < -0.3 is 15.2 Å². The fraction of sp³-hybridized carbons (Fsp3) is 0.333. The third-order valence-electron chi connectivity index (χ3n) is 2.78. The highest BCUT2D eigenvalue weighted by Crippen LogP contribution is 2.28. The zero-order chi connectivity index (χ0) is 13.1. The van der Waals surface area contributed by atoms with Crippen molar-refractivity contribution in [1.29, 1.82) is 5.26 Å². The molecule has 0 heterocycles. The number of nitriles is 1. The number of nitrogens with one attached hydrogen (secondary N) is 1. The van der Waals surface area contributed by atoms with Crippen molar-refractivity contribution in [3.05, 3.63) is 28.2 Å². The van der Waals surface area contributed by atoms with Crippen LogP contribution in [0.15, 0.2) is 22.7 Å². The summed E-state index contributed by atoms with van der Waals surface area (Å²) in [5.74, 6) is 0.633. The summed E-state index contributed by atoms with van der Waals surface area (Å²) in [6.45, 7) is 0. The molecule has 0 saturated heterocycles. The van der Waals surface area contributed by atoms with Crippen LogP contribution in [0.3, 0.4) is 0 Å². The van der Waals surface area contributed by atoms with Gasteiger partial charge in [-0.2, -0.15) is 5.26 Å². The molecular weight excluding hydrogens is 300 g/mol. The van der Waals surface area contributed by atoms with Crippen molar-refractivity contribution in [3.8, 4) is 11.8 Å². The van der Waals surface area contributed by atoms with E-state index < -0.39 is 6.09 Å². The molecule has 1 aliphatic carbocycles. The van der Waals surface area contributed by atoms with Crippen LogP contribution in [0.5, 0.6) is 5.75 Å². The molecule has 94 valence electrons. The molecule has 1 aromatic rings. The number of carbonyl (C=O) groups is 1. The van der Waals surface area contributed by atoms with Gasteiger partial charge in [0.2, 0.25) is 0 Å². The number of hydrogen-bond acceptors (Lipinski definition) is 3. The van der Waals surface area contributed by atoms with Crippen LogP contribution >= 0.6 is 15.9 Å². The summed E-state index contributed by atoms with van der Waals surface area (Å²) >= 11 is 3.27. The first-order valence-corrected chi connectivity index (χ1v) is 6.23. The fourth-order valence-electron chi connectivity index (χ4n) is 1.81. The fourth-order valence-corrected chi connectivity index (χ4v) is 2.15. The summed E-state index contributed by atoms with van der Waals surface area (Å²) < 4.78 is 6.39. The molecule has 6 heteroatoms. The number of benzene rings is 1. The van der Waals surface area contributed by atoms with Gasteiger partial charge in [-0.25, -0.2) is 4.79 Å². The van der Waals surface area contributed by atoms with Gasteiger partial charge in [-0.15, -0.1) is 0 Å². The molecule has 0 spiro atoms. The van der Waals surface area contributed by atoms with Crippen LogP contribution < -0.4 is 10.1 Å². The summed E-state index contributed by atoms with van der Waals surface area (Å²) in [5, 5.41) is 19.8. The topological polar surface area (TPSA) is 82.3 Å². The highest BCUT2D eigenvalue weighted by molar-refractivity contribution is 9.10. The number of ether oxygens (including phenoxy) is 1. The molecule has 0 radical (unpaired) electrons. The van der Waals surface area contributed by atoms with Crippen molar-refractivity contribution in [2.24, 2.45) is 0 Å². The first-order valence-electron chi connectivity index (χ1n) is 5.44. The van der Waals surface area contributed by atoms with Crippen LogP contribution in [0, 0.1) is 11.3 Å². The van der Waals surface area contributed by atoms with Crippen LogP contribution in [-0.2, 0) is 0 Å². The zero-order valence-corrected chi connectivity index (χ0v) is 11.0. The van der Waals surface area contributed by atoms with Gasteiger partial charge >= 0.3 is 6.09 Å². The maximum atomic E-state index is 10.4. The van der Waals surface area contributed by atoms with E-state index in [1.807, 2.05) is 0 Å². The standard InChI is InChI=1S/C12H11BrN2O3/c13-11-2-1-9(3-7(11)6-14)18-10-4-8(5-10)15-12(16)17/h1-3,8,10,15H,4-5H2,(H,16,17). The van der Waals surface area contributed by atoms with E-state index in [9.17, 15) is 4.79 Å². The highest BCUT2D eigenvalue weighted by Gasteiger charge is 2.32.